The summed E-state index contributed by atoms with van der Waals surface area (Å²) in [6.45, 7) is 2.77. The molecular weight excluding hydrogens is 392 g/mol. The molecular formula is C20H28N4O4S. The maximum atomic E-state index is 12.8. The molecule has 0 aliphatic carbocycles. The minimum absolute atomic E-state index is 0.242. The summed E-state index contributed by atoms with van der Waals surface area (Å²) in [5.41, 5.74) is 3.01. The molecule has 1 fully saturated rings. The number of benzene rings is 1. The molecule has 0 radical (unpaired) electrons. The van der Waals surface area contributed by atoms with Crippen molar-refractivity contribution in [2.75, 3.05) is 33.9 Å². The average molecular weight is 421 g/mol. The molecule has 0 spiro atoms. The van der Waals surface area contributed by atoms with Crippen LogP contribution >= 0.6 is 0 Å². The maximum Gasteiger partial charge on any atom is 0.282 e. The Hall–Kier alpha value is -1.94. The average Bonchev–Trinajstić information content (AvgIpc) is 3.34. The van der Waals surface area contributed by atoms with Gasteiger partial charge in [0.1, 0.15) is 12.4 Å². The van der Waals surface area contributed by atoms with Gasteiger partial charge >= 0.3 is 0 Å². The van der Waals surface area contributed by atoms with Gasteiger partial charge in [-0.15, -0.1) is 0 Å². The molecule has 1 unspecified atom stereocenters. The molecule has 2 aliphatic heterocycles. The number of hydrogen-bond donors (Lipinski definition) is 0. The predicted octanol–water partition coefficient (Wildman–Crippen LogP) is 1.98. The molecule has 1 aromatic heterocycles. The SMILES string of the molecule is CN(C)S(=O)(=O)N1CCCC1c1nn(CCOc2ccccc2)c2c1COCC2. The lowest BCUT2D eigenvalue weighted by Gasteiger charge is -2.27. The molecule has 1 atom stereocenters. The van der Waals surface area contributed by atoms with Crippen LogP contribution in [-0.2, 0) is 34.5 Å². The summed E-state index contributed by atoms with van der Waals surface area (Å²) in [4.78, 5) is 0. The van der Waals surface area contributed by atoms with Gasteiger partial charge in [0.25, 0.3) is 10.2 Å². The van der Waals surface area contributed by atoms with E-state index in [1.54, 1.807) is 18.4 Å². The molecule has 0 bridgehead atoms. The summed E-state index contributed by atoms with van der Waals surface area (Å²) >= 11 is 0. The Balaban J connectivity index is 1.58. The third-order valence-corrected chi connectivity index (χ3v) is 7.47. The molecule has 4 rings (SSSR count). The normalized spacial score (nSPS) is 20.2. The van der Waals surface area contributed by atoms with Crippen LogP contribution in [0.3, 0.4) is 0 Å². The largest absolute Gasteiger partial charge is 0.492 e. The molecule has 9 heteroatoms. The van der Waals surface area contributed by atoms with Crippen molar-refractivity contribution in [3.8, 4) is 5.75 Å². The van der Waals surface area contributed by atoms with Crippen LogP contribution in [0.2, 0.25) is 0 Å². The van der Waals surface area contributed by atoms with Crippen LogP contribution in [0.1, 0.15) is 35.8 Å². The molecule has 0 amide bonds. The summed E-state index contributed by atoms with van der Waals surface area (Å²) in [6, 6.07) is 9.47. The standard InChI is InChI=1S/C20H28N4O4S/c1-22(2)29(25,26)24-11-6-9-19(24)20-17-15-27-13-10-18(17)23(21-20)12-14-28-16-7-4-3-5-8-16/h3-5,7-8,19H,6,9-15H2,1-2H3. The van der Waals surface area contributed by atoms with Crippen molar-refractivity contribution in [1.29, 1.82) is 0 Å². The van der Waals surface area contributed by atoms with Gasteiger partial charge in [-0.05, 0) is 25.0 Å². The molecule has 8 nitrogen and oxygen atoms in total. The lowest BCUT2D eigenvalue weighted by Crippen LogP contribution is -2.39. The van der Waals surface area contributed by atoms with Gasteiger partial charge in [0.05, 0.1) is 31.5 Å². The Labute approximate surface area is 172 Å². The van der Waals surface area contributed by atoms with E-state index in [9.17, 15) is 8.42 Å². The van der Waals surface area contributed by atoms with Crippen molar-refractivity contribution in [2.24, 2.45) is 0 Å². The van der Waals surface area contributed by atoms with Crippen molar-refractivity contribution >= 4 is 10.2 Å². The summed E-state index contributed by atoms with van der Waals surface area (Å²) < 4.78 is 41.9. The number of para-hydroxylation sites is 1. The van der Waals surface area contributed by atoms with E-state index in [2.05, 4.69) is 0 Å². The second-order valence-electron chi connectivity index (χ2n) is 7.56. The first-order chi connectivity index (χ1) is 14.0. The molecule has 0 saturated carbocycles. The lowest BCUT2D eigenvalue weighted by atomic mass is 10.0. The Bertz CT molecular complexity index is 943. The maximum absolute atomic E-state index is 12.8. The van der Waals surface area contributed by atoms with Gasteiger partial charge in [0.15, 0.2) is 0 Å². The number of nitrogens with zero attached hydrogens (tertiary/aromatic N) is 4. The second-order valence-corrected chi connectivity index (χ2v) is 9.65. The minimum Gasteiger partial charge on any atom is -0.492 e. The number of rotatable bonds is 7. The van der Waals surface area contributed by atoms with Gasteiger partial charge < -0.3 is 9.47 Å². The topological polar surface area (TPSA) is 76.9 Å². The highest BCUT2D eigenvalue weighted by atomic mass is 32.2. The van der Waals surface area contributed by atoms with E-state index < -0.39 is 10.2 Å². The molecule has 1 saturated heterocycles. The van der Waals surface area contributed by atoms with Gasteiger partial charge in [-0.25, -0.2) is 0 Å². The molecule has 2 aromatic rings. The van der Waals surface area contributed by atoms with Gasteiger partial charge in [-0.1, -0.05) is 18.2 Å². The van der Waals surface area contributed by atoms with Crippen LogP contribution < -0.4 is 4.74 Å². The van der Waals surface area contributed by atoms with Gasteiger partial charge in [-0.2, -0.15) is 22.1 Å². The third kappa shape index (κ3) is 4.05. The van der Waals surface area contributed by atoms with Crippen molar-refractivity contribution in [1.82, 2.24) is 18.4 Å². The number of fused-ring (bicyclic) bond motifs is 1. The van der Waals surface area contributed by atoms with E-state index in [0.717, 1.165) is 42.0 Å². The highest BCUT2D eigenvalue weighted by Gasteiger charge is 2.40. The van der Waals surface area contributed by atoms with Crippen molar-refractivity contribution in [2.45, 2.75) is 38.5 Å². The quantitative estimate of drug-likeness (QED) is 0.685. The summed E-state index contributed by atoms with van der Waals surface area (Å²) in [6.07, 6.45) is 2.38. The first kappa shape index (κ1) is 20.3. The van der Waals surface area contributed by atoms with Crippen LogP contribution in [0.5, 0.6) is 5.75 Å². The summed E-state index contributed by atoms with van der Waals surface area (Å²) in [5, 5.41) is 4.86. The van der Waals surface area contributed by atoms with Crippen LogP contribution in [0.4, 0.5) is 0 Å². The Morgan fingerprint density at radius 3 is 2.83 bits per heavy atom. The van der Waals surface area contributed by atoms with E-state index in [1.165, 1.54) is 4.31 Å². The Morgan fingerprint density at radius 1 is 1.28 bits per heavy atom. The predicted molar refractivity (Wildman–Crippen MR) is 109 cm³/mol. The Kier molecular flexibility index (Phi) is 5.91. The van der Waals surface area contributed by atoms with Gasteiger partial charge in [0, 0.05) is 38.3 Å². The zero-order valence-corrected chi connectivity index (χ0v) is 17.8. The highest BCUT2D eigenvalue weighted by Crippen LogP contribution is 2.37. The summed E-state index contributed by atoms with van der Waals surface area (Å²) in [7, 11) is -0.348. The van der Waals surface area contributed by atoms with Crippen molar-refractivity contribution in [3.63, 3.8) is 0 Å². The second kappa shape index (κ2) is 8.43. The smallest absolute Gasteiger partial charge is 0.282 e. The first-order valence-electron chi connectivity index (χ1n) is 10.0. The van der Waals surface area contributed by atoms with Crippen molar-refractivity contribution in [3.05, 3.63) is 47.3 Å². The molecule has 0 N–H and O–H groups in total. The molecule has 29 heavy (non-hydrogen) atoms. The van der Waals surface area contributed by atoms with Crippen LogP contribution in [0.15, 0.2) is 30.3 Å². The third-order valence-electron chi connectivity index (χ3n) is 5.52. The molecule has 158 valence electrons. The minimum atomic E-state index is -3.49. The zero-order chi connectivity index (χ0) is 20.4. The fraction of sp³-hybridized carbons (Fsp3) is 0.550. The number of aromatic nitrogens is 2. The molecule has 2 aliphatic rings. The monoisotopic (exact) mass is 420 g/mol. The van der Waals surface area contributed by atoms with Crippen LogP contribution in [0, 0.1) is 0 Å². The lowest BCUT2D eigenvalue weighted by molar-refractivity contribution is 0.107. The summed E-state index contributed by atoms with van der Waals surface area (Å²) in [5.74, 6) is 0.830. The highest BCUT2D eigenvalue weighted by molar-refractivity contribution is 7.86. The van der Waals surface area contributed by atoms with E-state index >= 15 is 0 Å². The van der Waals surface area contributed by atoms with E-state index in [-0.39, 0.29) is 6.04 Å². The number of hydrogen-bond acceptors (Lipinski definition) is 5. The molecule has 3 heterocycles. The first-order valence-corrected chi connectivity index (χ1v) is 11.4. The van der Waals surface area contributed by atoms with Crippen molar-refractivity contribution < 1.29 is 17.9 Å². The Morgan fingerprint density at radius 2 is 2.07 bits per heavy atom. The van der Waals surface area contributed by atoms with E-state index in [4.69, 9.17) is 14.6 Å². The van der Waals surface area contributed by atoms with E-state index in [0.29, 0.717) is 32.9 Å². The van der Waals surface area contributed by atoms with Gasteiger partial charge in [0.2, 0.25) is 0 Å². The fourth-order valence-corrected chi connectivity index (χ4v) is 5.36. The van der Waals surface area contributed by atoms with Crippen LogP contribution in [-0.4, -0.2) is 60.7 Å². The van der Waals surface area contributed by atoms with E-state index in [1.807, 2.05) is 35.0 Å². The number of ether oxygens (including phenoxy) is 2. The van der Waals surface area contributed by atoms with Gasteiger partial charge in [-0.3, -0.25) is 4.68 Å². The van der Waals surface area contributed by atoms with Crippen LogP contribution in [0.25, 0.3) is 0 Å². The zero-order valence-electron chi connectivity index (χ0n) is 17.0. The fourth-order valence-electron chi connectivity index (χ4n) is 4.05. The molecule has 1 aromatic carbocycles.